The van der Waals surface area contributed by atoms with Crippen LogP contribution in [0.3, 0.4) is 0 Å². The summed E-state index contributed by atoms with van der Waals surface area (Å²) in [6.07, 6.45) is 0. The minimum Gasteiger partial charge on any atom is -0.389 e. The number of nitrogens with two attached hydrogens (primary N) is 1. The second kappa shape index (κ2) is 5.50. The molecular weight excluding hydrogens is 285 g/mol. The van der Waals surface area contributed by atoms with Gasteiger partial charge < -0.3 is 11.1 Å². The molecule has 0 unspecified atom stereocenters. The Morgan fingerprint density at radius 3 is 2.15 bits per heavy atom. The summed E-state index contributed by atoms with van der Waals surface area (Å²) in [7, 11) is 0. The van der Waals surface area contributed by atoms with Crippen LogP contribution < -0.4 is 11.1 Å². The predicted octanol–water partition coefficient (Wildman–Crippen LogP) is 3.79. The largest absolute Gasteiger partial charge is 0.389 e. The molecule has 0 aliphatic heterocycles. The van der Waals surface area contributed by atoms with Gasteiger partial charge in [0.15, 0.2) is 0 Å². The first kappa shape index (κ1) is 14.3. The molecule has 0 saturated heterocycles. The molecule has 0 atom stereocenters. The van der Waals surface area contributed by atoms with E-state index in [2.05, 4.69) is 17.5 Å². The lowest BCUT2D eigenvalue weighted by Gasteiger charge is -2.11. The molecule has 0 amide bonds. The maximum atomic E-state index is 13.8. The Balaban J connectivity index is 2.38. The molecule has 0 aliphatic carbocycles. The topological polar surface area (TPSA) is 38.0 Å². The summed E-state index contributed by atoms with van der Waals surface area (Å²) < 4.78 is 41.0. The highest BCUT2D eigenvalue weighted by Gasteiger charge is 2.13. The normalized spacial score (nSPS) is 10.4. The Labute approximate surface area is 119 Å². The highest BCUT2D eigenvalue weighted by molar-refractivity contribution is 7.80. The zero-order valence-corrected chi connectivity index (χ0v) is 11.3. The highest BCUT2D eigenvalue weighted by atomic mass is 32.1. The third-order valence-electron chi connectivity index (χ3n) is 2.77. The third-order valence-corrected chi connectivity index (χ3v) is 3.00. The zero-order valence-electron chi connectivity index (χ0n) is 10.5. The quantitative estimate of drug-likeness (QED) is 0.846. The Morgan fingerprint density at radius 2 is 1.65 bits per heavy atom. The third kappa shape index (κ3) is 2.91. The molecular formula is C14H11F3N2S. The van der Waals surface area contributed by atoms with E-state index in [1.807, 2.05) is 0 Å². The molecule has 0 radical (unpaired) electrons. The van der Waals surface area contributed by atoms with Crippen molar-refractivity contribution < 1.29 is 13.2 Å². The molecule has 2 rings (SSSR count). The molecule has 0 aromatic heterocycles. The zero-order chi connectivity index (χ0) is 14.9. The lowest BCUT2D eigenvalue weighted by molar-refractivity contribution is 0.590. The van der Waals surface area contributed by atoms with Gasteiger partial charge in [-0.2, -0.15) is 0 Å². The van der Waals surface area contributed by atoms with Crippen molar-refractivity contribution in [1.82, 2.24) is 0 Å². The average Bonchev–Trinajstić information content (AvgIpc) is 2.37. The van der Waals surface area contributed by atoms with Gasteiger partial charge in [-0.05, 0) is 36.8 Å². The Kier molecular flexibility index (Phi) is 3.94. The average molecular weight is 296 g/mol. The molecule has 0 heterocycles. The lowest BCUT2D eigenvalue weighted by atomic mass is 10.1. The van der Waals surface area contributed by atoms with Gasteiger partial charge in [-0.1, -0.05) is 18.3 Å². The van der Waals surface area contributed by atoms with Crippen molar-refractivity contribution in [3.8, 4) is 0 Å². The van der Waals surface area contributed by atoms with Gasteiger partial charge in [-0.3, -0.25) is 0 Å². The van der Waals surface area contributed by atoms with Crippen LogP contribution in [0.4, 0.5) is 24.5 Å². The van der Waals surface area contributed by atoms with Gasteiger partial charge in [0.05, 0.1) is 0 Å². The molecule has 2 aromatic rings. The van der Waals surface area contributed by atoms with Crippen LogP contribution in [0.5, 0.6) is 0 Å². The predicted molar refractivity (Wildman–Crippen MR) is 76.7 cm³/mol. The van der Waals surface area contributed by atoms with E-state index in [9.17, 15) is 13.2 Å². The van der Waals surface area contributed by atoms with Crippen molar-refractivity contribution in [1.29, 1.82) is 0 Å². The maximum absolute atomic E-state index is 13.8. The Morgan fingerprint density at radius 1 is 1.05 bits per heavy atom. The number of thiocarbonyl (C=S) groups is 1. The van der Waals surface area contributed by atoms with Crippen molar-refractivity contribution in [3.63, 3.8) is 0 Å². The molecule has 3 N–H and O–H groups in total. The van der Waals surface area contributed by atoms with Crippen LogP contribution in [0.25, 0.3) is 0 Å². The molecule has 104 valence electrons. The molecule has 0 fully saturated rings. The van der Waals surface area contributed by atoms with Crippen molar-refractivity contribution in [2.45, 2.75) is 6.92 Å². The number of halogens is 3. The summed E-state index contributed by atoms with van der Waals surface area (Å²) in [5.74, 6) is -2.17. The van der Waals surface area contributed by atoms with Gasteiger partial charge in [0, 0.05) is 11.3 Å². The summed E-state index contributed by atoms with van der Waals surface area (Å²) in [5.41, 5.74) is 5.72. The fourth-order valence-electron chi connectivity index (χ4n) is 1.65. The first-order chi connectivity index (χ1) is 9.38. The first-order valence-electron chi connectivity index (χ1n) is 5.70. The van der Waals surface area contributed by atoms with Gasteiger partial charge in [-0.15, -0.1) is 0 Å². The van der Waals surface area contributed by atoms with Crippen LogP contribution in [0.15, 0.2) is 30.3 Å². The van der Waals surface area contributed by atoms with E-state index in [-0.39, 0.29) is 21.9 Å². The van der Waals surface area contributed by atoms with E-state index in [1.165, 1.54) is 12.1 Å². The Hall–Kier alpha value is -2.08. The second-order valence-electron chi connectivity index (χ2n) is 4.27. The molecule has 20 heavy (non-hydrogen) atoms. The summed E-state index contributed by atoms with van der Waals surface area (Å²) in [4.78, 5) is -0.101. The molecule has 2 nitrogen and oxygen atoms in total. The Bertz CT molecular complexity index is 663. The SMILES string of the molecule is Cc1ccc(Nc2c(F)cc(C(N)=S)cc2F)cc1F. The minimum atomic E-state index is -0.853. The number of hydrogen-bond donors (Lipinski definition) is 2. The summed E-state index contributed by atoms with van der Waals surface area (Å²) in [5, 5.41) is 2.50. The van der Waals surface area contributed by atoms with Crippen molar-refractivity contribution in [3.05, 3.63) is 58.9 Å². The van der Waals surface area contributed by atoms with E-state index >= 15 is 0 Å². The molecule has 0 spiro atoms. The summed E-state index contributed by atoms with van der Waals surface area (Å²) >= 11 is 4.66. The second-order valence-corrected chi connectivity index (χ2v) is 4.71. The van der Waals surface area contributed by atoms with Crippen LogP contribution in [0.2, 0.25) is 0 Å². The minimum absolute atomic E-state index is 0.0932. The van der Waals surface area contributed by atoms with Gasteiger partial charge in [0.1, 0.15) is 28.1 Å². The van der Waals surface area contributed by atoms with E-state index in [0.29, 0.717) is 5.56 Å². The van der Waals surface area contributed by atoms with Gasteiger partial charge in [0.2, 0.25) is 0 Å². The highest BCUT2D eigenvalue weighted by Crippen LogP contribution is 2.25. The summed E-state index contributed by atoms with van der Waals surface area (Å²) in [6.45, 7) is 1.59. The van der Waals surface area contributed by atoms with E-state index < -0.39 is 17.5 Å². The monoisotopic (exact) mass is 296 g/mol. The molecule has 0 aliphatic rings. The fraction of sp³-hybridized carbons (Fsp3) is 0.0714. The van der Waals surface area contributed by atoms with Crippen LogP contribution >= 0.6 is 12.2 Å². The van der Waals surface area contributed by atoms with E-state index in [1.54, 1.807) is 6.92 Å². The molecule has 0 bridgehead atoms. The number of hydrogen-bond acceptors (Lipinski definition) is 2. The van der Waals surface area contributed by atoms with E-state index in [0.717, 1.165) is 18.2 Å². The van der Waals surface area contributed by atoms with Crippen molar-refractivity contribution in [2.75, 3.05) is 5.32 Å². The van der Waals surface area contributed by atoms with Crippen LogP contribution in [-0.2, 0) is 0 Å². The van der Waals surface area contributed by atoms with Gasteiger partial charge in [-0.25, -0.2) is 13.2 Å². The van der Waals surface area contributed by atoms with Crippen molar-refractivity contribution in [2.24, 2.45) is 5.73 Å². The molecule has 2 aromatic carbocycles. The van der Waals surface area contributed by atoms with Crippen LogP contribution in [0, 0.1) is 24.4 Å². The smallest absolute Gasteiger partial charge is 0.150 e. The lowest BCUT2D eigenvalue weighted by Crippen LogP contribution is -2.11. The fourth-order valence-corrected chi connectivity index (χ4v) is 1.77. The number of nitrogens with one attached hydrogen (secondary N) is 1. The van der Waals surface area contributed by atoms with E-state index in [4.69, 9.17) is 5.73 Å². The maximum Gasteiger partial charge on any atom is 0.150 e. The standard InChI is InChI=1S/C14H11F3N2S/c1-7-2-3-9(6-10(7)15)19-13-11(16)4-8(14(18)20)5-12(13)17/h2-6,19H,1H3,(H2,18,20). The molecule has 6 heteroatoms. The number of anilines is 2. The van der Waals surface area contributed by atoms with Gasteiger partial charge >= 0.3 is 0 Å². The number of rotatable bonds is 3. The summed E-state index contributed by atoms with van der Waals surface area (Å²) in [6, 6.07) is 6.25. The van der Waals surface area contributed by atoms with Crippen LogP contribution in [0.1, 0.15) is 11.1 Å². The molecule has 0 saturated carbocycles. The van der Waals surface area contributed by atoms with Crippen molar-refractivity contribution >= 4 is 28.6 Å². The van der Waals surface area contributed by atoms with Crippen LogP contribution in [-0.4, -0.2) is 4.99 Å². The number of benzene rings is 2. The van der Waals surface area contributed by atoms with Gasteiger partial charge in [0.25, 0.3) is 0 Å². The first-order valence-corrected chi connectivity index (χ1v) is 6.11. The number of aryl methyl sites for hydroxylation is 1.